The molecule has 1 aromatic rings. The average molecular weight is 533 g/mol. The van der Waals surface area contributed by atoms with Crippen molar-refractivity contribution in [2.75, 3.05) is 20.5 Å². The number of thioether (sulfide) groups is 4. The summed E-state index contributed by atoms with van der Waals surface area (Å²) in [5.41, 5.74) is 0. The highest BCUT2D eigenvalue weighted by Gasteiger charge is 2.32. The number of aromatic nitrogens is 1. The zero-order valence-electron chi connectivity index (χ0n) is 12.7. The third kappa shape index (κ3) is 4.87. The van der Waals surface area contributed by atoms with Crippen LogP contribution in [0.25, 0.3) is 0 Å². The zero-order chi connectivity index (χ0) is 17.7. The number of rotatable bonds is 6. The van der Waals surface area contributed by atoms with Crippen molar-refractivity contribution in [2.24, 2.45) is 0 Å². The predicted octanol–water partition coefficient (Wildman–Crippen LogP) is 4.98. The van der Waals surface area contributed by atoms with Gasteiger partial charge in [-0.25, -0.2) is 9.59 Å². The molecule has 1 aliphatic rings. The second kappa shape index (κ2) is 9.76. The number of nitrogens with zero attached hydrogens (tertiary/aromatic N) is 1. The minimum absolute atomic E-state index is 0.270. The molecule has 1 aromatic heterocycles. The third-order valence-electron chi connectivity index (χ3n) is 2.67. The lowest BCUT2D eigenvalue weighted by molar-refractivity contribution is -0.138. The number of hydrogen-bond acceptors (Lipinski definition) is 9. The van der Waals surface area contributed by atoms with Crippen molar-refractivity contribution in [1.82, 2.24) is 3.97 Å². The van der Waals surface area contributed by atoms with E-state index in [4.69, 9.17) is 9.47 Å². The number of carbonyl (C=O) groups excluding carboxylic acids is 2. The Morgan fingerprint density at radius 2 is 1.67 bits per heavy atom. The van der Waals surface area contributed by atoms with Crippen molar-refractivity contribution in [3.63, 3.8) is 0 Å². The van der Waals surface area contributed by atoms with Gasteiger partial charge in [0.2, 0.25) is 0 Å². The molecule has 2 rings (SSSR count). The maximum absolute atomic E-state index is 11.8. The van der Waals surface area contributed by atoms with Crippen LogP contribution in [0.5, 0.6) is 0 Å². The van der Waals surface area contributed by atoms with Gasteiger partial charge in [0.25, 0.3) is 0 Å². The Kier molecular flexibility index (Phi) is 8.33. The molecule has 130 valence electrons. The van der Waals surface area contributed by atoms with E-state index < -0.39 is 11.9 Å². The lowest BCUT2D eigenvalue weighted by Crippen LogP contribution is -2.08. The summed E-state index contributed by atoms with van der Waals surface area (Å²) in [7, 11) is 4.18. The van der Waals surface area contributed by atoms with Crippen molar-refractivity contribution in [1.29, 1.82) is 0 Å². The molecule has 0 spiro atoms. The quantitative estimate of drug-likeness (QED) is 0.286. The predicted molar refractivity (Wildman–Crippen MR) is 113 cm³/mol. The highest BCUT2D eigenvalue weighted by atomic mass is 127. The Hall–Kier alpha value is 0.180. The average Bonchev–Trinajstić information content (AvgIpc) is 3.22. The number of carbonyl (C=O) groups is 2. The van der Waals surface area contributed by atoms with Crippen LogP contribution in [0.4, 0.5) is 0 Å². The van der Waals surface area contributed by atoms with Gasteiger partial charge in [0.15, 0.2) is 0 Å². The lowest BCUT2D eigenvalue weighted by Gasteiger charge is -2.00. The molecule has 0 bridgehead atoms. The highest BCUT2D eigenvalue weighted by Crippen LogP contribution is 2.51. The van der Waals surface area contributed by atoms with Gasteiger partial charge in [0.1, 0.15) is 9.81 Å². The van der Waals surface area contributed by atoms with Gasteiger partial charge in [-0.2, -0.15) is 0 Å². The third-order valence-corrected chi connectivity index (χ3v) is 8.94. The van der Waals surface area contributed by atoms with E-state index in [1.165, 1.54) is 42.6 Å². The molecule has 11 heteroatoms. The number of esters is 2. The Morgan fingerprint density at radius 3 is 2.12 bits per heavy atom. The van der Waals surface area contributed by atoms with E-state index in [-0.39, 0.29) is 9.81 Å². The molecule has 0 aromatic carbocycles. The van der Waals surface area contributed by atoms with E-state index in [0.717, 1.165) is 9.13 Å². The van der Waals surface area contributed by atoms with Gasteiger partial charge in [-0.1, -0.05) is 35.3 Å². The fourth-order valence-electron chi connectivity index (χ4n) is 1.61. The molecule has 0 aliphatic carbocycles. The van der Waals surface area contributed by atoms with Gasteiger partial charge in [0, 0.05) is 52.5 Å². The SMILES string of the molecule is COC(=O)C1=C(C(=O)OC)SC(=CSc2cn(SI)cc2SC)S1. The van der Waals surface area contributed by atoms with E-state index in [0.29, 0.717) is 0 Å². The van der Waals surface area contributed by atoms with Gasteiger partial charge >= 0.3 is 11.9 Å². The Morgan fingerprint density at radius 1 is 1.12 bits per heavy atom. The van der Waals surface area contributed by atoms with Crippen LogP contribution in [0, 0.1) is 0 Å². The van der Waals surface area contributed by atoms with Crippen LogP contribution < -0.4 is 0 Å². The molecule has 5 nitrogen and oxygen atoms in total. The van der Waals surface area contributed by atoms with E-state index in [9.17, 15) is 9.59 Å². The largest absolute Gasteiger partial charge is 0.465 e. The summed E-state index contributed by atoms with van der Waals surface area (Å²) in [6, 6.07) is 0. The van der Waals surface area contributed by atoms with Crippen LogP contribution in [0.15, 0.2) is 41.6 Å². The van der Waals surface area contributed by atoms with Crippen LogP contribution in [0.2, 0.25) is 0 Å². The molecule has 1 aliphatic heterocycles. The monoisotopic (exact) mass is 533 g/mol. The summed E-state index contributed by atoms with van der Waals surface area (Å²) in [6.45, 7) is 0. The topological polar surface area (TPSA) is 57.5 Å². The molecule has 0 unspecified atom stereocenters. The van der Waals surface area contributed by atoms with Crippen LogP contribution in [-0.4, -0.2) is 36.4 Å². The summed E-state index contributed by atoms with van der Waals surface area (Å²) >= 11 is 7.90. The Bertz CT molecular complexity index is 685. The number of hydrogen-bond donors (Lipinski definition) is 0. The maximum Gasteiger partial charge on any atom is 0.346 e. The number of methoxy groups -OCH3 is 2. The summed E-state index contributed by atoms with van der Waals surface area (Å²) in [5.74, 6) is -1.06. The van der Waals surface area contributed by atoms with E-state index in [2.05, 4.69) is 27.4 Å². The fraction of sp³-hybridized carbons (Fsp3) is 0.231. The molecule has 0 fully saturated rings. The molecule has 24 heavy (non-hydrogen) atoms. The highest BCUT2D eigenvalue weighted by molar-refractivity contribution is 14.2. The second-order valence-corrected chi connectivity index (χ2v) is 9.88. The normalized spacial score (nSPS) is 14.1. The smallest absolute Gasteiger partial charge is 0.346 e. The first-order chi connectivity index (χ1) is 11.5. The van der Waals surface area contributed by atoms with Crippen molar-refractivity contribution >= 4 is 89.3 Å². The number of ether oxygens (including phenoxy) is 2. The van der Waals surface area contributed by atoms with Gasteiger partial charge in [0.05, 0.1) is 18.5 Å². The first kappa shape index (κ1) is 20.5. The van der Waals surface area contributed by atoms with Crippen LogP contribution in [0.1, 0.15) is 0 Å². The molecule has 0 saturated heterocycles. The van der Waals surface area contributed by atoms with Crippen LogP contribution >= 0.6 is 77.4 Å². The molecular formula is C13H12INO4S5. The van der Waals surface area contributed by atoms with Crippen molar-refractivity contribution in [2.45, 2.75) is 9.79 Å². The summed E-state index contributed by atoms with van der Waals surface area (Å²) in [6.07, 6.45) is 6.14. The van der Waals surface area contributed by atoms with Crippen LogP contribution in [-0.2, 0) is 19.1 Å². The molecular weight excluding hydrogens is 521 g/mol. The molecule has 0 atom stereocenters. The lowest BCUT2D eigenvalue weighted by atomic mass is 10.5. The summed E-state index contributed by atoms with van der Waals surface area (Å²) < 4.78 is 12.3. The van der Waals surface area contributed by atoms with E-state index >= 15 is 0 Å². The summed E-state index contributed by atoms with van der Waals surface area (Å²) in [4.78, 5) is 26.5. The van der Waals surface area contributed by atoms with Crippen molar-refractivity contribution < 1.29 is 19.1 Å². The standard InChI is InChI=1S/C13H12INO4S5/c1-18-12(16)10-11(13(17)19-2)23-9(22-10)6-21-8-5-15(24-14)4-7(8)20-3/h4-6H,1-3H3. The minimum atomic E-state index is -0.529. The van der Waals surface area contributed by atoms with Gasteiger partial charge < -0.3 is 9.47 Å². The maximum atomic E-state index is 11.8. The molecule has 0 N–H and O–H groups in total. The first-order valence-electron chi connectivity index (χ1n) is 6.22. The fourth-order valence-corrected chi connectivity index (χ4v) is 6.82. The van der Waals surface area contributed by atoms with Crippen molar-refractivity contribution in [3.05, 3.63) is 31.8 Å². The minimum Gasteiger partial charge on any atom is -0.465 e. The molecule has 0 radical (unpaired) electrons. The first-order valence-corrected chi connectivity index (χ1v) is 13.3. The van der Waals surface area contributed by atoms with Crippen molar-refractivity contribution in [3.8, 4) is 0 Å². The van der Waals surface area contributed by atoms with Gasteiger partial charge in [-0.15, -0.1) is 11.8 Å². The van der Waals surface area contributed by atoms with Gasteiger partial charge in [-0.3, -0.25) is 3.97 Å². The van der Waals surface area contributed by atoms with Gasteiger partial charge in [-0.05, 0) is 11.7 Å². The summed E-state index contributed by atoms with van der Waals surface area (Å²) in [5, 5.41) is 1.94. The Balaban J connectivity index is 2.17. The van der Waals surface area contributed by atoms with E-state index in [1.54, 1.807) is 32.6 Å². The molecule has 2 heterocycles. The molecule has 0 amide bonds. The molecule has 0 saturated carbocycles. The second-order valence-electron chi connectivity index (χ2n) is 4.02. The Labute approximate surface area is 173 Å². The number of halogens is 1. The zero-order valence-corrected chi connectivity index (χ0v) is 19.0. The van der Waals surface area contributed by atoms with E-state index in [1.807, 2.05) is 21.8 Å². The van der Waals surface area contributed by atoms with Crippen LogP contribution in [0.3, 0.4) is 0 Å².